The van der Waals surface area contributed by atoms with Gasteiger partial charge in [-0.15, -0.1) is 0 Å². The van der Waals surface area contributed by atoms with Gasteiger partial charge in [-0.1, -0.05) is 13.8 Å². The van der Waals surface area contributed by atoms with Gasteiger partial charge in [-0.05, 0) is 18.3 Å². The Kier molecular flexibility index (Phi) is 2.07. The summed E-state index contributed by atoms with van der Waals surface area (Å²) in [4.78, 5) is 36.9. The van der Waals surface area contributed by atoms with Crippen LogP contribution in [0.4, 0.5) is 4.79 Å². The Hall–Kier alpha value is -1.59. The number of amides is 4. The first-order valence-corrected chi connectivity index (χ1v) is 6.26. The zero-order chi connectivity index (χ0) is 13.1. The molecule has 2 N–H and O–H groups in total. The second kappa shape index (κ2) is 3.24. The molecule has 6 heteroatoms. The highest BCUT2D eigenvalue weighted by Crippen LogP contribution is 2.52. The first-order chi connectivity index (χ1) is 8.34. The minimum absolute atomic E-state index is 0.0767. The molecule has 2 heterocycles. The van der Waals surface area contributed by atoms with E-state index in [1.807, 2.05) is 0 Å². The molecule has 98 valence electrons. The topological polar surface area (TPSA) is 78.5 Å². The number of hydrogen-bond donors (Lipinski definition) is 2. The van der Waals surface area contributed by atoms with E-state index in [-0.39, 0.29) is 23.1 Å². The van der Waals surface area contributed by atoms with Gasteiger partial charge in [0.15, 0.2) is 0 Å². The van der Waals surface area contributed by atoms with Gasteiger partial charge in [0.05, 0.1) is 6.54 Å². The van der Waals surface area contributed by atoms with E-state index in [9.17, 15) is 14.4 Å². The number of nitrogens with one attached hydrogen (secondary N) is 2. The number of carbonyl (C=O) groups is 3. The van der Waals surface area contributed by atoms with Gasteiger partial charge >= 0.3 is 6.03 Å². The number of imide groups is 1. The van der Waals surface area contributed by atoms with E-state index in [2.05, 4.69) is 24.5 Å². The number of nitrogens with zero attached hydrogens (tertiary/aromatic N) is 1. The van der Waals surface area contributed by atoms with Gasteiger partial charge in [0, 0.05) is 12.5 Å². The van der Waals surface area contributed by atoms with Crippen LogP contribution in [0.1, 0.15) is 26.7 Å². The van der Waals surface area contributed by atoms with Crippen LogP contribution in [0.2, 0.25) is 0 Å². The minimum Gasteiger partial charge on any atom is -0.339 e. The Bertz CT molecular complexity index is 459. The summed E-state index contributed by atoms with van der Waals surface area (Å²) in [5, 5.41) is 4.89. The molecule has 0 aromatic rings. The van der Waals surface area contributed by atoms with Crippen molar-refractivity contribution in [2.24, 2.45) is 11.3 Å². The normalized spacial score (nSPS) is 36.8. The lowest BCUT2D eigenvalue weighted by molar-refractivity contribution is -0.132. The molecular formula is C12H17N3O3. The standard InChI is InChI=1S/C12H17N3O3/c1-11(2)5-7(11)8(16)15-4-3-12(6-15)9(17)13-10(18)14-12/h7H,3-6H2,1-2H3,(H2,13,14,17,18). The lowest BCUT2D eigenvalue weighted by Crippen LogP contribution is -2.49. The maximum atomic E-state index is 12.2. The van der Waals surface area contributed by atoms with E-state index in [1.165, 1.54) is 0 Å². The fraction of sp³-hybridized carbons (Fsp3) is 0.750. The highest BCUT2D eigenvalue weighted by atomic mass is 16.2. The molecule has 1 spiro atoms. The Labute approximate surface area is 105 Å². The molecule has 0 bridgehead atoms. The van der Waals surface area contributed by atoms with Crippen molar-refractivity contribution < 1.29 is 14.4 Å². The molecule has 3 fully saturated rings. The summed E-state index contributed by atoms with van der Waals surface area (Å²) < 4.78 is 0. The zero-order valence-corrected chi connectivity index (χ0v) is 10.6. The van der Waals surface area contributed by atoms with E-state index in [4.69, 9.17) is 0 Å². The van der Waals surface area contributed by atoms with E-state index in [0.717, 1.165) is 6.42 Å². The average molecular weight is 251 g/mol. The van der Waals surface area contributed by atoms with E-state index in [0.29, 0.717) is 19.5 Å². The molecule has 6 nitrogen and oxygen atoms in total. The molecule has 2 unspecified atom stereocenters. The Balaban J connectivity index is 1.71. The molecule has 18 heavy (non-hydrogen) atoms. The third kappa shape index (κ3) is 1.51. The monoisotopic (exact) mass is 251 g/mol. The number of carbonyl (C=O) groups excluding carboxylic acids is 3. The highest BCUT2D eigenvalue weighted by Gasteiger charge is 2.56. The fourth-order valence-electron chi connectivity index (χ4n) is 2.92. The number of likely N-dealkylation sites (tertiary alicyclic amines) is 1. The van der Waals surface area contributed by atoms with Crippen molar-refractivity contribution in [3.8, 4) is 0 Å². The summed E-state index contributed by atoms with van der Waals surface area (Å²) in [6.45, 7) is 4.99. The van der Waals surface area contributed by atoms with Crippen LogP contribution in [-0.2, 0) is 9.59 Å². The van der Waals surface area contributed by atoms with Crippen molar-refractivity contribution in [3.05, 3.63) is 0 Å². The maximum Gasteiger partial charge on any atom is 0.322 e. The summed E-state index contributed by atoms with van der Waals surface area (Å²) in [6, 6.07) is -0.457. The van der Waals surface area contributed by atoms with Gasteiger partial charge < -0.3 is 10.2 Å². The van der Waals surface area contributed by atoms with Crippen LogP contribution < -0.4 is 10.6 Å². The summed E-state index contributed by atoms with van der Waals surface area (Å²) >= 11 is 0. The van der Waals surface area contributed by atoms with Gasteiger partial charge in [0.25, 0.3) is 5.91 Å². The van der Waals surface area contributed by atoms with Crippen LogP contribution >= 0.6 is 0 Å². The van der Waals surface area contributed by atoms with Crippen molar-refractivity contribution in [1.29, 1.82) is 0 Å². The third-order valence-electron chi connectivity index (χ3n) is 4.41. The maximum absolute atomic E-state index is 12.2. The van der Waals surface area contributed by atoms with E-state index < -0.39 is 11.6 Å². The third-order valence-corrected chi connectivity index (χ3v) is 4.41. The Morgan fingerprint density at radius 2 is 2.06 bits per heavy atom. The predicted octanol–water partition coefficient (Wildman–Crippen LogP) is -0.157. The fourth-order valence-corrected chi connectivity index (χ4v) is 2.92. The Morgan fingerprint density at radius 3 is 2.56 bits per heavy atom. The molecule has 2 saturated heterocycles. The Morgan fingerprint density at radius 1 is 1.39 bits per heavy atom. The summed E-state index contributed by atoms with van der Waals surface area (Å²) in [5.74, 6) is -0.114. The molecule has 1 saturated carbocycles. The van der Waals surface area contributed by atoms with Crippen molar-refractivity contribution in [1.82, 2.24) is 15.5 Å². The lowest BCUT2D eigenvalue weighted by atomic mass is 9.99. The second-order valence-corrected chi connectivity index (χ2v) is 6.25. The number of hydrogen-bond acceptors (Lipinski definition) is 3. The van der Waals surface area contributed by atoms with Crippen LogP contribution in [0.5, 0.6) is 0 Å². The predicted molar refractivity (Wildman–Crippen MR) is 62.5 cm³/mol. The quantitative estimate of drug-likeness (QED) is 0.636. The van der Waals surface area contributed by atoms with Gasteiger partial charge in [-0.25, -0.2) is 4.79 Å². The SMILES string of the molecule is CC1(C)CC1C(=O)N1CCC2(C1)NC(=O)NC2=O. The van der Waals surface area contributed by atoms with Crippen molar-refractivity contribution in [2.75, 3.05) is 13.1 Å². The van der Waals surface area contributed by atoms with E-state index in [1.54, 1.807) is 4.90 Å². The molecular weight excluding hydrogens is 234 g/mol. The van der Waals surface area contributed by atoms with Crippen LogP contribution in [0.25, 0.3) is 0 Å². The van der Waals surface area contributed by atoms with Gasteiger partial charge in [0.1, 0.15) is 5.54 Å². The summed E-state index contributed by atoms with van der Waals surface area (Å²) in [6.07, 6.45) is 1.41. The molecule has 4 amide bonds. The zero-order valence-electron chi connectivity index (χ0n) is 10.6. The largest absolute Gasteiger partial charge is 0.339 e. The second-order valence-electron chi connectivity index (χ2n) is 6.25. The van der Waals surface area contributed by atoms with Gasteiger partial charge in [0.2, 0.25) is 5.91 Å². The molecule has 3 aliphatic rings. The highest BCUT2D eigenvalue weighted by molar-refractivity contribution is 6.07. The number of rotatable bonds is 1. The van der Waals surface area contributed by atoms with Crippen molar-refractivity contribution >= 4 is 17.8 Å². The molecule has 2 atom stereocenters. The van der Waals surface area contributed by atoms with Crippen molar-refractivity contribution in [3.63, 3.8) is 0 Å². The molecule has 3 rings (SSSR count). The lowest BCUT2D eigenvalue weighted by Gasteiger charge is -2.21. The minimum atomic E-state index is -0.883. The van der Waals surface area contributed by atoms with Gasteiger partial charge in [-0.2, -0.15) is 0 Å². The van der Waals surface area contributed by atoms with Crippen LogP contribution in [0.15, 0.2) is 0 Å². The first kappa shape index (κ1) is 11.5. The van der Waals surface area contributed by atoms with E-state index >= 15 is 0 Å². The van der Waals surface area contributed by atoms with Crippen LogP contribution in [0.3, 0.4) is 0 Å². The molecule has 2 aliphatic heterocycles. The summed E-state index contributed by atoms with van der Waals surface area (Å²) in [7, 11) is 0. The molecule has 0 aromatic heterocycles. The van der Waals surface area contributed by atoms with Crippen LogP contribution in [0, 0.1) is 11.3 Å². The molecule has 1 aliphatic carbocycles. The number of urea groups is 1. The van der Waals surface area contributed by atoms with Crippen LogP contribution in [-0.4, -0.2) is 41.4 Å². The molecule has 0 radical (unpaired) electrons. The summed E-state index contributed by atoms with van der Waals surface area (Å²) in [5.41, 5.74) is -0.792. The average Bonchev–Trinajstić information content (AvgIpc) is 2.65. The smallest absolute Gasteiger partial charge is 0.322 e. The van der Waals surface area contributed by atoms with Crippen molar-refractivity contribution in [2.45, 2.75) is 32.2 Å². The first-order valence-electron chi connectivity index (χ1n) is 6.26. The molecule has 0 aromatic carbocycles. The van der Waals surface area contributed by atoms with Gasteiger partial charge in [-0.3, -0.25) is 14.9 Å².